The molecule has 8 heteroatoms. The highest BCUT2D eigenvalue weighted by Gasteiger charge is 2.23. The van der Waals surface area contributed by atoms with E-state index in [2.05, 4.69) is 19.8 Å². The normalized spacial score (nSPS) is 13.6. The molecule has 0 amide bonds. The molecule has 3 heterocycles. The average Bonchev–Trinajstić information content (AvgIpc) is 3.01. The molecule has 0 aromatic carbocycles. The number of hydrogen-bond acceptors (Lipinski definition) is 4. The predicted molar refractivity (Wildman–Crippen MR) is 82.8 cm³/mol. The van der Waals surface area contributed by atoms with Crippen molar-refractivity contribution in [2.75, 3.05) is 0 Å². The summed E-state index contributed by atoms with van der Waals surface area (Å²) in [4.78, 5) is 7.18. The first-order valence-corrected chi connectivity index (χ1v) is 8.31. The van der Waals surface area contributed by atoms with E-state index in [1.165, 1.54) is 6.20 Å². The summed E-state index contributed by atoms with van der Waals surface area (Å²) in [6.07, 6.45) is 4.90. The van der Waals surface area contributed by atoms with Gasteiger partial charge in [0, 0.05) is 42.6 Å². The van der Waals surface area contributed by atoms with E-state index in [9.17, 15) is 8.42 Å². The van der Waals surface area contributed by atoms with E-state index in [0.29, 0.717) is 11.0 Å². The van der Waals surface area contributed by atoms with Crippen LogP contribution in [0.1, 0.15) is 24.2 Å². The van der Waals surface area contributed by atoms with E-state index in [4.69, 9.17) is 0 Å². The summed E-state index contributed by atoms with van der Waals surface area (Å²) in [5, 5.41) is 4.81. The van der Waals surface area contributed by atoms with E-state index in [-0.39, 0.29) is 10.9 Å². The molecule has 0 unspecified atom stereocenters. The molecule has 22 heavy (non-hydrogen) atoms. The average molecular weight is 319 g/mol. The van der Waals surface area contributed by atoms with Crippen LogP contribution in [0.3, 0.4) is 0 Å². The molecular formula is C14H17N5O2S. The second kappa shape index (κ2) is 5.22. The number of fused-ring (bicyclic) bond motifs is 1. The Bertz CT molecular complexity index is 926. The molecule has 1 atom stereocenters. The number of rotatable bonds is 4. The van der Waals surface area contributed by atoms with Crippen LogP contribution in [0.5, 0.6) is 0 Å². The molecule has 0 aliphatic rings. The van der Waals surface area contributed by atoms with Crippen LogP contribution in [-0.2, 0) is 17.1 Å². The van der Waals surface area contributed by atoms with Gasteiger partial charge in [-0.1, -0.05) is 0 Å². The van der Waals surface area contributed by atoms with Crippen molar-refractivity contribution in [3.05, 3.63) is 42.0 Å². The van der Waals surface area contributed by atoms with Gasteiger partial charge in [0.15, 0.2) is 0 Å². The first kappa shape index (κ1) is 14.7. The lowest BCUT2D eigenvalue weighted by Gasteiger charge is -2.13. The van der Waals surface area contributed by atoms with Crippen LogP contribution in [-0.4, -0.2) is 28.2 Å². The van der Waals surface area contributed by atoms with Crippen LogP contribution in [0.25, 0.3) is 11.0 Å². The van der Waals surface area contributed by atoms with Crippen LogP contribution in [0.2, 0.25) is 0 Å². The maximum atomic E-state index is 12.6. The van der Waals surface area contributed by atoms with Crippen molar-refractivity contribution in [3.8, 4) is 0 Å². The van der Waals surface area contributed by atoms with Crippen molar-refractivity contribution in [1.82, 2.24) is 24.5 Å². The van der Waals surface area contributed by atoms with Gasteiger partial charge in [-0.3, -0.25) is 4.68 Å². The lowest BCUT2D eigenvalue weighted by atomic mass is 10.1. The van der Waals surface area contributed by atoms with Crippen molar-refractivity contribution in [2.24, 2.45) is 7.05 Å². The number of H-pyrrole nitrogens is 1. The van der Waals surface area contributed by atoms with Gasteiger partial charge in [-0.05, 0) is 26.0 Å². The number of aromatic nitrogens is 4. The Morgan fingerprint density at radius 3 is 2.86 bits per heavy atom. The molecule has 2 N–H and O–H groups in total. The molecule has 3 aromatic heterocycles. The van der Waals surface area contributed by atoms with Crippen LogP contribution < -0.4 is 4.72 Å². The number of sulfonamides is 1. The molecule has 0 aliphatic carbocycles. The molecular weight excluding hydrogens is 302 g/mol. The number of aryl methyl sites for hydroxylation is 2. The smallest absolute Gasteiger partial charge is 0.243 e. The van der Waals surface area contributed by atoms with Crippen LogP contribution in [0.4, 0.5) is 0 Å². The molecule has 0 bridgehead atoms. The summed E-state index contributed by atoms with van der Waals surface area (Å²) in [5.41, 5.74) is 2.20. The standard InChI is InChI=1S/C14H17N5O2S/c1-9-12(8-19(3)17-9)10(2)18-22(20,21)13-7-16-14-11(13)5-4-6-15-14/h4-8,10,18H,1-3H3,(H,15,16)/t10-/m1/s1. The quantitative estimate of drug-likeness (QED) is 0.764. The SMILES string of the molecule is Cc1nn(C)cc1[C@@H](C)NS(=O)(=O)c1c[nH]c2ncccc12. The molecule has 3 aromatic rings. The largest absolute Gasteiger partial charge is 0.345 e. The van der Waals surface area contributed by atoms with Gasteiger partial charge in [0.1, 0.15) is 10.5 Å². The van der Waals surface area contributed by atoms with Crippen molar-refractivity contribution >= 4 is 21.1 Å². The van der Waals surface area contributed by atoms with Crippen LogP contribution in [0.15, 0.2) is 35.6 Å². The summed E-state index contributed by atoms with van der Waals surface area (Å²) in [5.74, 6) is 0. The Morgan fingerprint density at radius 2 is 2.18 bits per heavy atom. The number of hydrogen-bond donors (Lipinski definition) is 2. The maximum Gasteiger partial charge on any atom is 0.243 e. The van der Waals surface area contributed by atoms with Gasteiger partial charge < -0.3 is 4.98 Å². The van der Waals surface area contributed by atoms with Gasteiger partial charge in [-0.15, -0.1) is 0 Å². The fraction of sp³-hybridized carbons (Fsp3) is 0.286. The van der Waals surface area contributed by atoms with Gasteiger partial charge >= 0.3 is 0 Å². The van der Waals surface area contributed by atoms with Gasteiger partial charge in [0.2, 0.25) is 10.0 Å². The third kappa shape index (κ3) is 2.51. The second-order valence-corrected chi connectivity index (χ2v) is 6.92. The highest BCUT2D eigenvalue weighted by Crippen LogP contribution is 2.23. The fourth-order valence-electron chi connectivity index (χ4n) is 2.56. The van der Waals surface area contributed by atoms with Gasteiger partial charge in [-0.2, -0.15) is 5.10 Å². The van der Waals surface area contributed by atoms with Crippen molar-refractivity contribution in [2.45, 2.75) is 24.8 Å². The summed E-state index contributed by atoms with van der Waals surface area (Å²) < 4.78 is 29.6. The monoisotopic (exact) mass is 319 g/mol. The minimum absolute atomic E-state index is 0.198. The Morgan fingerprint density at radius 1 is 1.41 bits per heavy atom. The van der Waals surface area contributed by atoms with E-state index < -0.39 is 10.0 Å². The Hall–Kier alpha value is -2.19. The number of nitrogens with one attached hydrogen (secondary N) is 2. The summed E-state index contributed by atoms with van der Waals surface area (Å²) in [6, 6.07) is 3.07. The molecule has 7 nitrogen and oxygen atoms in total. The summed E-state index contributed by atoms with van der Waals surface area (Å²) in [6.45, 7) is 3.66. The zero-order valence-electron chi connectivity index (χ0n) is 12.5. The molecule has 3 rings (SSSR count). The van der Waals surface area contributed by atoms with Gasteiger partial charge in [-0.25, -0.2) is 18.1 Å². The molecule has 0 spiro atoms. The topological polar surface area (TPSA) is 92.7 Å². The Kier molecular flexibility index (Phi) is 3.50. The van der Waals surface area contributed by atoms with E-state index in [1.807, 2.05) is 20.2 Å². The summed E-state index contributed by atoms with van der Waals surface area (Å²) in [7, 11) is -1.85. The highest BCUT2D eigenvalue weighted by atomic mass is 32.2. The predicted octanol–water partition coefficient (Wildman–Crippen LogP) is 1.64. The molecule has 0 saturated carbocycles. The van der Waals surface area contributed by atoms with E-state index in [1.54, 1.807) is 29.9 Å². The zero-order valence-corrected chi connectivity index (χ0v) is 13.3. The lowest BCUT2D eigenvalue weighted by Crippen LogP contribution is -2.27. The lowest BCUT2D eigenvalue weighted by molar-refractivity contribution is 0.567. The van der Waals surface area contributed by atoms with Crippen LogP contribution in [0, 0.1) is 6.92 Å². The van der Waals surface area contributed by atoms with Gasteiger partial charge in [0.25, 0.3) is 0 Å². The first-order valence-electron chi connectivity index (χ1n) is 6.83. The molecule has 0 aliphatic heterocycles. The van der Waals surface area contributed by atoms with Gasteiger partial charge in [0.05, 0.1) is 5.69 Å². The zero-order chi connectivity index (χ0) is 15.9. The third-order valence-corrected chi connectivity index (χ3v) is 5.13. The Labute approximate surface area is 128 Å². The number of pyridine rings is 1. The minimum Gasteiger partial charge on any atom is -0.345 e. The fourth-order valence-corrected chi connectivity index (χ4v) is 3.94. The highest BCUT2D eigenvalue weighted by molar-refractivity contribution is 7.89. The van der Waals surface area contributed by atoms with E-state index >= 15 is 0 Å². The Balaban J connectivity index is 1.95. The molecule has 116 valence electrons. The third-order valence-electron chi connectivity index (χ3n) is 3.55. The molecule has 0 fully saturated rings. The first-order chi connectivity index (χ1) is 10.4. The number of aromatic amines is 1. The van der Waals surface area contributed by atoms with E-state index in [0.717, 1.165) is 11.3 Å². The second-order valence-electron chi connectivity index (χ2n) is 5.24. The minimum atomic E-state index is -3.66. The van der Waals surface area contributed by atoms with Crippen LogP contribution >= 0.6 is 0 Å². The summed E-state index contributed by atoms with van der Waals surface area (Å²) >= 11 is 0. The van der Waals surface area contributed by atoms with Crippen molar-refractivity contribution < 1.29 is 8.42 Å². The molecule has 0 saturated heterocycles. The number of nitrogens with zero attached hydrogens (tertiary/aromatic N) is 3. The van der Waals surface area contributed by atoms with Crippen molar-refractivity contribution in [1.29, 1.82) is 0 Å². The maximum absolute atomic E-state index is 12.6. The van der Waals surface area contributed by atoms with Crippen molar-refractivity contribution in [3.63, 3.8) is 0 Å². The molecule has 0 radical (unpaired) electrons.